The second-order valence-corrected chi connectivity index (χ2v) is 11.6. The van der Waals surface area contributed by atoms with Crippen LogP contribution in [0.5, 0.6) is 11.5 Å². The molecule has 3 aliphatic rings. The van der Waals surface area contributed by atoms with Crippen LogP contribution >= 0.6 is 0 Å². The van der Waals surface area contributed by atoms with Gasteiger partial charge in [0.15, 0.2) is 0 Å². The summed E-state index contributed by atoms with van der Waals surface area (Å²) < 4.78 is 6.02. The molecule has 0 heterocycles. The number of hydrogen-bond donors (Lipinski definition) is 2. The Bertz CT molecular complexity index is 929. The van der Waals surface area contributed by atoms with Crippen molar-refractivity contribution in [3.63, 3.8) is 0 Å². The summed E-state index contributed by atoms with van der Waals surface area (Å²) in [5.41, 5.74) is 2.61. The van der Waals surface area contributed by atoms with Gasteiger partial charge in [-0.15, -0.1) is 0 Å². The minimum absolute atomic E-state index is 0.102. The standard InChI is InChI=1S/C27H38O4/c1-16-12-21(30)19(13-20(16)29)18-8-9-23-26(5,14-18)15-22(31-17(2)28)24-25(3,4)10-7-11-27(23,24)6/h12-14,22-24,29-30H,7-11,15H2,1-6H3/t22-,23+,24+,26-,27-/m1/s1. The first-order valence-electron chi connectivity index (χ1n) is 11.8. The number of fused-ring (bicyclic) bond motifs is 3. The number of hydrogen-bond acceptors (Lipinski definition) is 4. The fraction of sp³-hybridized carbons (Fsp3) is 0.667. The predicted molar refractivity (Wildman–Crippen MR) is 123 cm³/mol. The van der Waals surface area contributed by atoms with E-state index in [9.17, 15) is 15.0 Å². The molecule has 3 aliphatic carbocycles. The van der Waals surface area contributed by atoms with Gasteiger partial charge in [0.05, 0.1) is 0 Å². The highest BCUT2D eigenvalue weighted by atomic mass is 16.5. The molecular formula is C27H38O4. The number of esters is 1. The molecule has 0 saturated heterocycles. The zero-order valence-electron chi connectivity index (χ0n) is 19.9. The van der Waals surface area contributed by atoms with Crippen molar-refractivity contribution in [2.24, 2.45) is 28.1 Å². The predicted octanol–water partition coefficient (Wildman–Crippen LogP) is 6.37. The van der Waals surface area contributed by atoms with Gasteiger partial charge in [-0.2, -0.15) is 0 Å². The lowest BCUT2D eigenvalue weighted by Gasteiger charge is -2.65. The summed E-state index contributed by atoms with van der Waals surface area (Å²) in [4.78, 5) is 12.1. The van der Waals surface area contributed by atoms with E-state index in [0.29, 0.717) is 17.4 Å². The third kappa shape index (κ3) is 3.56. The average Bonchev–Trinajstić information content (AvgIpc) is 2.62. The van der Waals surface area contributed by atoms with Crippen molar-refractivity contribution in [2.75, 3.05) is 0 Å². The Hall–Kier alpha value is -1.97. The topological polar surface area (TPSA) is 66.8 Å². The number of rotatable bonds is 2. The summed E-state index contributed by atoms with van der Waals surface area (Å²) in [6.45, 7) is 12.8. The third-order valence-corrected chi connectivity index (χ3v) is 8.88. The third-order valence-electron chi connectivity index (χ3n) is 8.88. The van der Waals surface area contributed by atoms with Gasteiger partial charge < -0.3 is 14.9 Å². The van der Waals surface area contributed by atoms with E-state index < -0.39 is 0 Å². The summed E-state index contributed by atoms with van der Waals surface area (Å²) in [5, 5.41) is 20.9. The van der Waals surface area contributed by atoms with Crippen LogP contribution in [0.25, 0.3) is 5.57 Å². The first kappa shape index (κ1) is 22.2. The number of aromatic hydroxyl groups is 2. The second kappa shape index (κ2) is 7.28. The first-order valence-corrected chi connectivity index (χ1v) is 11.8. The van der Waals surface area contributed by atoms with E-state index in [1.807, 2.05) is 0 Å². The molecule has 2 saturated carbocycles. The van der Waals surface area contributed by atoms with Crippen molar-refractivity contribution in [2.45, 2.75) is 86.2 Å². The Balaban J connectivity index is 1.80. The van der Waals surface area contributed by atoms with Gasteiger partial charge in [0.25, 0.3) is 0 Å². The van der Waals surface area contributed by atoms with Crippen LogP contribution in [0.1, 0.15) is 84.3 Å². The van der Waals surface area contributed by atoms with Crippen molar-refractivity contribution in [1.29, 1.82) is 0 Å². The molecule has 0 radical (unpaired) electrons. The zero-order chi connectivity index (χ0) is 22.8. The van der Waals surface area contributed by atoms with Crippen LogP contribution in [0.15, 0.2) is 18.2 Å². The number of allylic oxidation sites excluding steroid dienone is 2. The summed E-state index contributed by atoms with van der Waals surface area (Å²) >= 11 is 0. The SMILES string of the molecule is CC(=O)O[C@@H]1C[C@@]2(C)C=C(c3cc(O)c(C)cc3O)CC[C@@H]2[C@@]2(C)CCCC(C)(C)[C@H]12. The van der Waals surface area contributed by atoms with Crippen LogP contribution in [0.4, 0.5) is 0 Å². The highest BCUT2D eigenvalue weighted by molar-refractivity contribution is 5.73. The van der Waals surface area contributed by atoms with E-state index in [-0.39, 0.29) is 39.8 Å². The molecule has 2 fully saturated rings. The van der Waals surface area contributed by atoms with Gasteiger partial charge in [-0.3, -0.25) is 4.79 Å². The van der Waals surface area contributed by atoms with Gasteiger partial charge in [0.2, 0.25) is 0 Å². The zero-order valence-corrected chi connectivity index (χ0v) is 19.9. The van der Waals surface area contributed by atoms with Gasteiger partial charge in [-0.1, -0.05) is 40.2 Å². The van der Waals surface area contributed by atoms with Crippen molar-refractivity contribution in [1.82, 2.24) is 0 Å². The fourth-order valence-corrected chi connectivity index (χ4v) is 7.96. The van der Waals surface area contributed by atoms with E-state index in [2.05, 4.69) is 33.8 Å². The first-order chi connectivity index (χ1) is 14.4. The Morgan fingerprint density at radius 3 is 2.48 bits per heavy atom. The number of carbonyl (C=O) groups excluding carboxylic acids is 1. The molecule has 1 aromatic carbocycles. The van der Waals surface area contributed by atoms with E-state index in [1.165, 1.54) is 26.2 Å². The van der Waals surface area contributed by atoms with Crippen LogP contribution in [0, 0.1) is 35.0 Å². The molecule has 4 heteroatoms. The lowest BCUT2D eigenvalue weighted by atomic mass is 9.41. The Labute approximate surface area is 186 Å². The van der Waals surface area contributed by atoms with Crippen LogP contribution in [0.3, 0.4) is 0 Å². The van der Waals surface area contributed by atoms with Gasteiger partial charge >= 0.3 is 5.97 Å². The molecule has 0 bridgehead atoms. The highest BCUT2D eigenvalue weighted by Gasteiger charge is 2.62. The monoisotopic (exact) mass is 426 g/mol. The highest BCUT2D eigenvalue weighted by Crippen LogP contribution is 2.67. The molecule has 1 aromatic rings. The fourth-order valence-electron chi connectivity index (χ4n) is 7.96. The Morgan fingerprint density at radius 2 is 1.81 bits per heavy atom. The maximum Gasteiger partial charge on any atom is 0.302 e. The molecule has 0 aromatic heterocycles. The van der Waals surface area contributed by atoms with Gasteiger partial charge in [0, 0.05) is 18.4 Å². The molecule has 0 amide bonds. The largest absolute Gasteiger partial charge is 0.508 e. The van der Waals surface area contributed by atoms with Crippen LogP contribution in [-0.4, -0.2) is 22.3 Å². The number of phenolic OH excluding ortho intramolecular Hbond substituents is 2. The van der Waals surface area contributed by atoms with Gasteiger partial charge in [-0.05, 0) is 84.5 Å². The lowest BCUT2D eigenvalue weighted by Crippen LogP contribution is -2.61. The molecule has 0 spiro atoms. The van der Waals surface area contributed by atoms with Gasteiger partial charge in [0.1, 0.15) is 17.6 Å². The van der Waals surface area contributed by atoms with Crippen molar-refractivity contribution < 1.29 is 19.7 Å². The summed E-state index contributed by atoms with van der Waals surface area (Å²) in [7, 11) is 0. The molecule has 170 valence electrons. The summed E-state index contributed by atoms with van der Waals surface area (Å²) in [6.07, 6.45) is 8.51. The molecular weight excluding hydrogens is 388 g/mol. The minimum Gasteiger partial charge on any atom is -0.508 e. The average molecular weight is 427 g/mol. The second-order valence-electron chi connectivity index (χ2n) is 11.6. The Kier molecular flexibility index (Phi) is 5.22. The Morgan fingerprint density at radius 1 is 1.10 bits per heavy atom. The smallest absolute Gasteiger partial charge is 0.302 e. The molecule has 0 unspecified atom stereocenters. The summed E-state index contributed by atoms with van der Waals surface area (Å²) in [6, 6.07) is 3.34. The summed E-state index contributed by atoms with van der Waals surface area (Å²) in [5.74, 6) is 1.09. The molecule has 5 atom stereocenters. The quantitative estimate of drug-likeness (QED) is 0.426. The van der Waals surface area contributed by atoms with E-state index >= 15 is 0 Å². The molecule has 31 heavy (non-hydrogen) atoms. The molecule has 0 aliphatic heterocycles. The molecule has 4 rings (SSSR count). The van der Waals surface area contributed by atoms with Crippen LogP contribution < -0.4 is 0 Å². The number of aryl methyl sites for hydroxylation is 1. The normalized spacial score (nSPS) is 36.7. The minimum atomic E-state index is -0.197. The maximum atomic E-state index is 12.1. The number of carbonyl (C=O) groups is 1. The van der Waals surface area contributed by atoms with Crippen LogP contribution in [0.2, 0.25) is 0 Å². The number of benzene rings is 1. The van der Waals surface area contributed by atoms with E-state index in [0.717, 1.165) is 30.4 Å². The van der Waals surface area contributed by atoms with Crippen molar-refractivity contribution in [3.8, 4) is 11.5 Å². The maximum absolute atomic E-state index is 12.1. The number of phenols is 2. The van der Waals surface area contributed by atoms with Crippen molar-refractivity contribution >= 4 is 11.5 Å². The van der Waals surface area contributed by atoms with E-state index in [4.69, 9.17) is 4.74 Å². The van der Waals surface area contributed by atoms with Gasteiger partial charge in [-0.25, -0.2) is 0 Å². The molecule has 2 N–H and O–H groups in total. The van der Waals surface area contributed by atoms with E-state index in [1.54, 1.807) is 19.1 Å². The van der Waals surface area contributed by atoms with Crippen LogP contribution in [-0.2, 0) is 9.53 Å². The molecule has 4 nitrogen and oxygen atoms in total. The van der Waals surface area contributed by atoms with Crippen molar-refractivity contribution in [3.05, 3.63) is 29.3 Å². The lowest BCUT2D eigenvalue weighted by molar-refractivity contribution is -0.198. The number of ether oxygens (including phenoxy) is 1.